The first-order valence-corrected chi connectivity index (χ1v) is 11.3. The van der Waals surface area contributed by atoms with Crippen LogP contribution in [0.2, 0.25) is 0 Å². The normalized spacial score (nSPS) is 24.7. The second kappa shape index (κ2) is 6.11. The summed E-state index contributed by atoms with van der Waals surface area (Å²) in [6.45, 7) is 0. The Bertz CT molecular complexity index is 738. The van der Waals surface area contributed by atoms with Crippen molar-refractivity contribution in [2.45, 2.75) is 24.9 Å². The maximum absolute atomic E-state index is 2.39. The molecule has 3 aromatic carbocycles. The fraction of sp³-hybridized carbons (Fsp3) is 0.250. The molecule has 0 aliphatic heterocycles. The Hall–Kier alpha value is -1.91. The molecule has 0 nitrogen and oxygen atoms in total. The quantitative estimate of drug-likeness (QED) is 0.598. The van der Waals surface area contributed by atoms with Crippen molar-refractivity contribution in [3.63, 3.8) is 0 Å². The van der Waals surface area contributed by atoms with E-state index in [1.165, 1.54) is 19.3 Å². The zero-order valence-electron chi connectivity index (χ0n) is 14.5. The molecule has 3 fully saturated rings. The van der Waals surface area contributed by atoms with Crippen LogP contribution in [0.15, 0.2) is 91.0 Å². The van der Waals surface area contributed by atoms with Gasteiger partial charge < -0.3 is 0 Å². The van der Waals surface area contributed by atoms with Gasteiger partial charge in [0.25, 0.3) is 0 Å². The molecule has 1 unspecified atom stereocenters. The number of fused-ring (bicyclic) bond motifs is 1. The number of hydrogen-bond acceptors (Lipinski definition) is 0. The van der Waals surface area contributed by atoms with Crippen LogP contribution in [0.4, 0.5) is 0 Å². The Morgan fingerprint density at radius 1 is 0.520 bits per heavy atom. The molecule has 0 saturated heterocycles. The van der Waals surface area contributed by atoms with E-state index in [1.807, 2.05) is 0 Å². The molecule has 0 spiro atoms. The highest BCUT2D eigenvalue weighted by Crippen LogP contribution is 2.70. The summed E-state index contributed by atoms with van der Waals surface area (Å²) in [5.41, 5.74) is 0.810. The van der Waals surface area contributed by atoms with Crippen LogP contribution in [0.3, 0.4) is 0 Å². The molecule has 0 amide bonds. The molecular formula is C24H24P+. The Balaban J connectivity index is 1.82. The zero-order chi connectivity index (χ0) is 16.7. The van der Waals surface area contributed by atoms with Crippen molar-refractivity contribution in [3.05, 3.63) is 91.0 Å². The van der Waals surface area contributed by atoms with Crippen molar-refractivity contribution < 1.29 is 0 Å². The minimum absolute atomic E-state index is 0.810. The van der Waals surface area contributed by atoms with Crippen LogP contribution in [-0.2, 0) is 0 Å². The van der Waals surface area contributed by atoms with Crippen molar-refractivity contribution in [2.75, 3.05) is 0 Å². The Morgan fingerprint density at radius 2 is 0.920 bits per heavy atom. The Morgan fingerprint density at radius 3 is 1.24 bits per heavy atom. The van der Waals surface area contributed by atoms with Crippen molar-refractivity contribution in [2.24, 2.45) is 11.8 Å². The van der Waals surface area contributed by atoms with Gasteiger partial charge in [-0.2, -0.15) is 0 Å². The minimum atomic E-state index is -1.62. The maximum Gasteiger partial charge on any atom is 0.115 e. The van der Waals surface area contributed by atoms with Gasteiger partial charge >= 0.3 is 0 Å². The van der Waals surface area contributed by atoms with E-state index in [2.05, 4.69) is 91.0 Å². The summed E-state index contributed by atoms with van der Waals surface area (Å²) < 4.78 is 0. The van der Waals surface area contributed by atoms with Crippen LogP contribution in [-0.4, -0.2) is 5.66 Å². The maximum atomic E-state index is 2.39. The SMILES string of the molecule is c1ccc([P+](c2ccccc2)(c2ccccc2)C2CC3CC2C3)cc1. The van der Waals surface area contributed by atoms with E-state index in [0.29, 0.717) is 0 Å². The molecule has 3 saturated carbocycles. The topological polar surface area (TPSA) is 0 Å². The molecule has 0 N–H and O–H groups in total. The van der Waals surface area contributed by atoms with Gasteiger partial charge in [-0.3, -0.25) is 0 Å². The summed E-state index contributed by atoms with van der Waals surface area (Å²) in [7, 11) is -1.62. The largest absolute Gasteiger partial charge is 0.115 e. The lowest BCUT2D eigenvalue weighted by molar-refractivity contribution is 0.305. The highest BCUT2D eigenvalue weighted by Gasteiger charge is 2.62. The van der Waals surface area contributed by atoms with Crippen molar-refractivity contribution in [1.82, 2.24) is 0 Å². The molecule has 3 aliphatic carbocycles. The zero-order valence-corrected chi connectivity index (χ0v) is 15.4. The predicted molar refractivity (Wildman–Crippen MR) is 110 cm³/mol. The summed E-state index contributed by atoms with van der Waals surface area (Å²) in [4.78, 5) is 0. The number of hydrogen-bond donors (Lipinski definition) is 0. The summed E-state index contributed by atoms with van der Waals surface area (Å²) in [5.74, 6) is 1.89. The number of rotatable bonds is 4. The highest BCUT2D eigenvalue weighted by molar-refractivity contribution is 7.96. The fourth-order valence-electron chi connectivity index (χ4n) is 5.31. The molecule has 124 valence electrons. The van der Waals surface area contributed by atoms with Crippen LogP contribution in [0.5, 0.6) is 0 Å². The van der Waals surface area contributed by atoms with Crippen molar-refractivity contribution in [1.29, 1.82) is 0 Å². The summed E-state index contributed by atoms with van der Waals surface area (Å²) >= 11 is 0. The Kier molecular flexibility index (Phi) is 3.75. The molecule has 1 heteroatoms. The third-order valence-electron chi connectivity index (χ3n) is 6.38. The van der Waals surface area contributed by atoms with E-state index in [1.54, 1.807) is 15.9 Å². The van der Waals surface area contributed by atoms with Gasteiger partial charge in [0.2, 0.25) is 0 Å². The fourth-order valence-corrected chi connectivity index (χ4v) is 10.8. The van der Waals surface area contributed by atoms with E-state index in [0.717, 1.165) is 17.5 Å². The molecule has 25 heavy (non-hydrogen) atoms. The first-order chi connectivity index (χ1) is 12.4. The second-order valence-corrected chi connectivity index (χ2v) is 11.3. The van der Waals surface area contributed by atoms with E-state index >= 15 is 0 Å². The standard InChI is InChI=1S/C24H24P/c1-4-10-21(11-5-1)25(22-12-6-2-7-13-22,23-14-8-3-9-15-23)24-18-19-16-20(24)17-19/h1-15,19-20,24H,16-18H2/q+1. The minimum Gasteiger partial charge on any atom is -0.0620 e. The first kappa shape index (κ1) is 15.4. The van der Waals surface area contributed by atoms with Crippen LogP contribution < -0.4 is 15.9 Å². The van der Waals surface area contributed by atoms with Gasteiger partial charge in [-0.25, -0.2) is 0 Å². The van der Waals surface area contributed by atoms with Crippen LogP contribution in [0, 0.1) is 11.8 Å². The monoisotopic (exact) mass is 343 g/mol. The predicted octanol–water partition coefficient (Wildman–Crippen LogP) is 4.78. The molecule has 0 heterocycles. The van der Waals surface area contributed by atoms with Crippen LogP contribution >= 0.6 is 7.26 Å². The summed E-state index contributed by atoms with van der Waals surface area (Å²) in [5, 5.41) is 4.68. The molecule has 0 aromatic heterocycles. The molecule has 0 radical (unpaired) electrons. The molecule has 1 atom stereocenters. The molecule has 3 aromatic rings. The summed E-state index contributed by atoms with van der Waals surface area (Å²) in [6.07, 6.45) is 4.33. The third kappa shape index (κ3) is 2.31. The van der Waals surface area contributed by atoms with E-state index < -0.39 is 7.26 Å². The van der Waals surface area contributed by atoms with E-state index in [-0.39, 0.29) is 0 Å². The van der Waals surface area contributed by atoms with Gasteiger partial charge in [-0.1, -0.05) is 54.6 Å². The average Bonchev–Trinajstić information content (AvgIpc) is 3.27. The van der Waals surface area contributed by atoms with E-state index in [4.69, 9.17) is 0 Å². The molecule has 3 aliphatic rings. The summed E-state index contributed by atoms with van der Waals surface area (Å²) in [6, 6.07) is 34.2. The lowest BCUT2D eigenvalue weighted by atomic mass is 9.85. The highest BCUT2D eigenvalue weighted by atomic mass is 31.2. The lowest BCUT2D eigenvalue weighted by Crippen LogP contribution is -2.39. The molecule has 2 bridgehead atoms. The van der Waals surface area contributed by atoms with Gasteiger partial charge in [0.05, 0.1) is 5.66 Å². The average molecular weight is 343 g/mol. The van der Waals surface area contributed by atoms with Gasteiger partial charge in [-0.15, -0.1) is 0 Å². The Labute approximate surface area is 151 Å². The van der Waals surface area contributed by atoms with Crippen molar-refractivity contribution >= 4 is 23.2 Å². The van der Waals surface area contributed by atoms with Crippen LogP contribution in [0.25, 0.3) is 0 Å². The van der Waals surface area contributed by atoms with Gasteiger partial charge in [-0.05, 0) is 67.5 Å². The smallest absolute Gasteiger partial charge is 0.0620 e. The van der Waals surface area contributed by atoms with Gasteiger partial charge in [0, 0.05) is 0 Å². The van der Waals surface area contributed by atoms with E-state index in [9.17, 15) is 0 Å². The van der Waals surface area contributed by atoms with Gasteiger partial charge in [0.1, 0.15) is 23.2 Å². The third-order valence-corrected chi connectivity index (χ3v) is 11.3. The second-order valence-electron chi connectivity index (χ2n) is 7.63. The van der Waals surface area contributed by atoms with Crippen molar-refractivity contribution in [3.8, 4) is 0 Å². The molecule has 6 rings (SSSR count). The lowest BCUT2D eigenvalue weighted by Gasteiger charge is -2.35. The van der Waals surface area contributed by atoms with Gasteiger partial charge in [0.15, 0.2) is 0 Å². The van der Waals surface area contributed by atoms with Crippen LogP contribution in [0.1, 0.15) is 19.3 Å². The number of benzene rings is 3. The molecular weight excluding hydrogens is 319 g/mol. The first-order valence-electron chi connectivity index (χ1n) is 9.44.